The second kappa shape index (κ2) is 8.85. The number of amides is 1. The van der Waals surface area contributed by atoms with Crippen molar-refractivity contribution < 1.29 is 28.0 Å². The van der Waals surface area contributed by atoms with Crippen molar-refractivity contribution in [1.82, 2.24) is 0 Å². The van der Waals surface area contributed by atoms with Crippen LogP contribution in [0, 0.1) is 21.7 Å². The zero-order valence-electron chi connectivity index (χ0n) is 16.1. The number of nitro groups is 1. The molecule has 0 spiro atoms. The first kappa shape index (κ1) is 21.2. The second-order valence-electron chi connectivity index (χ2n) is 6.82. The zero-order chi connectivity index (χ0) is 21.8. The molecule has 0 bridgehead atoms. The third kappa shape index (κ3) is 4.70. The van der Waals surface area contributed by atoms with Gasteiger partial charge in [0.25, 0.3) is 11.6 Å². The molecule has 0 saturated carbocycles. The van der Waals surface area contributed by atoms with Gasteiger partial charge in [-0.25, -0.2) is 13.6 Å². The van der Waals surface area contributed by atoms with Gasteiger partial charge in [0.05, 0.1) is 16.2 Å². The Hall–Kier alpha value is -3.56. The summed E-state index contributed by atoms with van der Waals surface area (Å²) in [7, 11) is 0. The van der Waals surface area contributed by atoms with Crippen LogP contribution in [-0.2, 0) is 9.53 Å². The number of rotatable bonds is 6. The topological polar surface area (TPSA) is 102 Å². The molecule has 0 aliphatic carbocycles. The highest BCUT2D eigenvalue weighted by Gasteiger charge is 2.26. The van der Waals surface area contributed by atoms with E-state index in [2.05, 4.69) is 5.32 Å². The standard InChI is InChI=1S/C20H19F2N3O5/c1-12(19(26)23-16-6-5-14(21)11-15(16)22)30-20(27)13-4-7-17(18(10-13)25(28)29)24-8-2-3-9-24/h4-7,10-12H,2-3,8-9H2,1H3,(H,23,26). The molecule has 1 N–H and O–H groups in total. The van der Waals surface area contributed by atoms with Gasteiger partial charge in [-0.1, -0.05) is 0 Å². The van der Waals surface area contributed by atoms with Gasteiger partial charge in [0.15, 0.2) is 6.10 Å². The SMILES string of the molecule is CC(OC(=O)c1ccc(N2CCCC2)c([N+](=O)[O-])c1)C(=O)Nc1ccc(F)cc1F. The summed E-state index contributed by atoms with van der Waals surface area (Å²) >= 11 is 0. The van der Waals surface area contributed by atoms with Crippen LogP contribution in [0.1, 0.15) is 30.1 Å². The lowest BCUT2D eigenvalue weighted by Gasteiger charge is -2.18. The second-order valence-corrected chi connectivity index (χ2v) is 6.82. The van der Waals surface area contributed by atoms with Gasteiger partial charge in [-0.2, -0.15) is 0 Å². The Morgan fingerprint density at radius 1 is 1.17 bits per heavy atom. The number of nitro benzene ring substituents is 1. The van der Waals surface area contributed by atoms with E-state index in [1.807, 2.05) is 4.90 Å². The van der Waals surface area contributed by atoms with E-state index in [4.69, 9.17) is 4.74 Å². The molecule has 158 valence electrons. The molecule has 30 heavy (non-hydrogen) atoms. The average molecular weight is 419 g/mol. The number of hydrogen-bond donors (Lipinski definition) is 1. The summed E-state index contributed by atoms with van der Waals surface area (Å²) in [6.07, 6.45) is 0.545. The van der Waals surface area contributed by atoms with Crippen LogP contribution in [0.4, 0.5) is 25.8 Å². The fraction of sp³-hybridized carbons (Fsp3) is 0.300. The molecule has 1 unspecified atom stereocenters. The van der Waals surface area contributed by atoms with E-state index in [0.29, 0.717) is 24.8 Å². The summed E-state index contributed by atoms with van der Waals surface area (Å²) in [5.74, 6) is -3.55. The monoisotopic (exact) mass is 419 g/mol. The number of nitrogens with one attached hydrogen (secondary N) is 1. The highest BCUT2D eigenvalue weighted by Crippen LogP contribution is 2.32. The van der Waals surface area contributed by atoms with Crippen LogP contribution in [-0.4, -0.2) is 36.0 Å². The van der Waals surface area contributed by atoms with Crippen LogP contribution >= 0.6 is 0 Å². The molecule has 1 fully saturated rings. The molecule has 2 aromatic rings. The normalized spacial score (nSPS) is 14.3. The van der Waals surface area contributed by atoms with E-state index in [0.717, 1.165) is 31.0 Å². The van der Waals surface area contributed by atoms with Crippen LogP contribution < -0.4 is 10.2 Å². The van der Waals surface area contributed by atoms with E-state index in [-0.39, 0.29) is 16.9 Å². The molecule has 10 heteroatoms. The number of esters is 1. The molecule has 1 aliphatic heterocycles. The number of carbonyl (C=O) groups is 2. The fourth-order valence-electron chi connectivity index (χ4n) is 3.13. The summed E-state index contributed by atoms with van der Waals surface area (Å²) in [6.45, 7) is 2.66. The maximum atomic E-state index is 13.7. The van der Waals surface area contributed by atoms with E-state index in [1.54, 1.807) is 0 Å². The zero-order valence-corrected chi connectivity index (χ0v) is 16.1. The van der Waals surface area contributed by atoms with Crippen LogP contribution in [0.25, 0.3) is 0 Å². The lowest BCUT2D eigenvalue weighted by molar-refractivity contribution is -0.384. The van der Waals surface area contributed by atoms with Gasteiger partial charge in [0.2, 0.25) is 0 Å². The molecule has 2 aromatic carbocycles. The number of nitrogens with zero attached hydrogens (tertiary/aromatic N) is 2. The molecular weight excluding hydrogens is 400 g/mol. The number of anilines is 2. The highest BCUT2D eigenvalue weighted by atomic mass is 19.1. The molecule has 1 heterocycles. The third-order valence-electron chi connectivity index (χ3n) is 4.70. The van der Waals surface area contributed by atoms with Crippen molar-refractivity contribution in [3.8, 4) is 0 Å². The molecule has 3 rings (SSSR count). The maximum Gasteiger partial charge on any atom is 0.339 e. The minimum Gasteiger partial charge on any atom is -0.449 e. The van der Waals surface area contributed by atoms with Gasteiger partial charge in [-0.15, -0.1) is 0 Å². The van der Waals surface area contributed by atoms with Gasteiger partial charge in [0, 0.05) is 25.2 Å². The van der Waals surface area contributed by atoms with Crippen LogP contribution in [0.3, 0.4) is 0 Å². The highest BCUT2D eigenvalue weighted by molar-refractivity contribution is 5.98. The lowest BCUT2D eigenvalue weighted by atomic mass is 10.1. The minimum atomic E-state index is -1.32. The molecule has 1 amide bonds. The first-order valence-electron chi connectivity index (χ1n) is 9.26. The quantitative estimate of drug-likeness (QED) is 0.436. The maximum absolute atomic E-state index is 13.7. The summed E-state index contributed by atoms with van der Waals surface area (Å²) in [5.41, 5.74) is -0.157. The van der Waals surface area contributed by atoms with Crippen molar-refractivity contribution in [2.75, 3.05) is 23.3 Å². The van der Waals surface area contributed by atoms with E-state index in [9.17, 15) is 28.5 Å². The van der Waals surface area contributed by atoms with Crippen LogP contribution in [0.15, 0.2) is 36.4 Å². The Kier molecular flexibility index (Phi) is 6.24. The summed E-state index contributed by atoms with van der Waals surface area (Å²) in [6, 6.07) is 6.60. The summed E-state index contributed by atoms with van der Waals surface area (Å²) in [4.78, 5) is 37.3. The number of halogens is 2. The molecule has 1 aliphatic rings. The van der Waals surface area contributed by atoms with E-state index in [1.165, 1.54) is 19.1 Å². The van der Waals surface area contributed by atoms with Crippen molar-refractivity contribution in [3.05, 3.63) is 63.7 Å². The predicted octanol–water partition coefficient (Wildman–Crippen LogP) is 3.66. The van der Waals surface area contributed by atoms with Gasteiger partial charge in [-0.05, 0) is 44.0 Å². The van der Waals surface area contributed by atoms with E-state index < -0.39 is 34.5 Å². The van der Waals surface area contributed by atoms with Crippen molar-refractivity contribution in [2.24, 2.45) is 0 Å². The Morgan fingerprint density at radius 3 is 2.50 bits per heavy atom. The lowest BCUT2D eigenvalue weighted by Crippen LogP contribution is -2.30. The first-order valence-corrected chi connectivity index (χ1v) is 9.26. The van der Waals surface area contributed by atoms with Gasteiger partial charge < -0.3 is 15.0 Å². The molecule has 1 atom stereocenters. The minimum absolute atomic E-state index is 0.0859. The van der Waals surface area contributed by atoms with E-state index >= 15 is 0 Å². The average Bonchev–Trinajstić information content (AvgIpc) is 3.24. The number of ether oxygens (including phenoxy) is 1. The van der Waals surface area contributed by atoms with Gasteiger partial charge in [-0.3, -0.25) is 14.9 Å². The fourth-order valence-corrected chi connectivity index (χ4v) is 3.13. The number of carbonyl (C=O) groups excluding carboxylic acids is 2. The molecule has 8 nitrogen and oxygen atoms in total. The summed E-state index contributed by atoms with van der Waals surface area (Å²) < 4.78 is 31.7. The Balaban J connectivity index is 1.70. The van der Waals surface area contributed by atoms with Crippen LogP contribution in [0.5, 0.6) is 0 Å². The summed E-state index contributed by atoms with van der Waals surface area (Å²) in [5, 5.41) is 13.6. The molecular formula is C20H19F2N3O5. The van der Waals surface area contributed by atoms with Gasteiger partial charge >= 0.3 is 5.97 Å². The smallest absolute Gasteiger partial charge is 0.339 e. The van der Waals surface area contributed by atoms with Crippen molar-refractivity contribution in [2.45, 2.75) is 25.9 Å². The van der Waals surface area contributed by atoms with Gasteiger partial charge in [0.1, 0.15) is 17.3 Å². The Morgan fingerprint density at radius 2 is 1.87 bits per heavy atom. The van der Waals surface area contributed by atoms with Crippen molar-refractivity contribution in [1.29, 1.82) is 0 Å². The number of hydrogen-bond acceptors (Lipinski definition) is 6. The Labute approximate surface area is 170 Å². The van der Waals surface area contributed by atoms with Crippen molar-refractivity contribution in [3.63, 3.8) is 0 Å². The first-order chi connectivity index (χ1) is 14.3. The Bertz CT molecular complexity index is 992. The third-order valence-corrected chi connectivity index (χ3v) is 4.70. The molecule has 0 aromatic heterocycles. The predicted molar refractivity (Wildman–Crippen MR) is 104 cm³/mol. The molecule has 1 saturated heterocycles. The number of benzene rings is 2. The van der Waals surface area contributed by atoms with Crippen LogP contribution in [0.2, 0.25) is 0 Å². The molecule has 0 radical (unpaired) electrons. The van der Waals surface area contributed by atoms with Crippen molar-refractivity contribution >= 4 is 28.9 Å². The largest absolute Gasteiger partial charge is 0.449 e.